The molecule has 114 valence electrons. The second-order valence-corrected chi connectivity index (χ2v) is 6.72. The first kappa shape index (κ1) is 16.4. The summed E-state index contributed by atoms with van der Waals surface area (Å²) in [5.74, 6) is 0.991. The van der Waals surface area contributed by atoms with E-state index in [9.17, 15) is 9.59 Å². The fourth-order valence-electron chi connectivity index (χ4n) is 2.25. The molecule has 1 fully saturated rings. The maximum atomic E-state index is 12.8. The lowest BCUT2D eigenvalue weighted by molar-refractivity contribution is -0.147. The number of carbonyl (C=O) groups excluding carboxylic acids is 2. The van der Waals surface area contributed by atoms with Crippen LogP contribution >= 0.6 is 27.7 Å². The van der Waals surface area contributed by atoms with Gasteiger partial charge in [0.1, 0.15) is 6.04 Å². The predicted molar refractivity (Wildman–Crippen MR) is 87.7 cm³/mol. The van der Waals surface area contributed by atoms with E-state index in [-0.39, 0.29) is 11.9 Å². The average Bonchev–Trinajstić information content (AvgIpc) is 2.49. The summed E-state index contributed by atoms with van der Waals surface area (Å²) in [5, 5.41) is 0. The van der Waals surface area contributed by atoms with E-state index in [0.29, 0.717) is 24.5 Å². The molecule has 1 heterocycles. The molecule has 1 amide bonds. The summed E-state index contributed by atoms with van der Waals surface area (Å²) in [7, 11) is 0. The molecule has 1 aliphatic rings. The molecule has 4 nitrogen and oxygen atoms in total. The highest BCUT2D eigenvalue weighted by Crippen LogP contribution is 2.26. The van der Waals surface area contributed by atoms with Crippen molar-refractivity contribution in [3.05, 3.63) is 33.8 Å². The standard InChI is InChI=1S/C15H18BrNO3S/c1-3-20-15(19)12-9-21-8-7-17(12)14(18)11-6-4-5-10(2)13(11)16/h4-6,12H,3,7-9H2,1-2H3. The Balaban J connectivity index is 2.26. The van der Waals surface area contributed by atoms with E-state index in [1.54, 1.807) is 29.7 Å². The van der Waals surface area contributed by atoms with Crippen LogP contribution in [0.1, 0.15) is 22.8 Å². The number of thioether (sulfide) groups is 1. The number of ether oxygens (including phenoxy) is 1. The Labute approximate surface area is 137 Å². The van der Waals surface area contributed by atoms with Crippen molar-refractivity contribution in [1.29, 1.82) is 0 Å². The quantitative estimate of drug-likeness (QED) is 0.766. The fraction of sp³-hybridized carbons (Fsp3) is 0.467. The number of nitrogens with zero attached hydrogens (tertiary/aromatic N) is 1. The molecule has 0 aliphatic carbocycles. The number of aryl methyl sites for hydroxylation is 1. The molecule has 0 bridgehead atoms. The first-order valence-corrected chi connectivity index (χ1v) is 8.81. The second-order valence-electron chi connectivity index (χ2n) is 4.78. The lowest BCUT2D eigenvalue weighted by atomic mass is 10.1. The zero-order valence-corrected chi connectivity index (χ0v) is 14.5. The van der Waals surface area contributed by atoms with Crippen LogP contribution in [0.2, 0.25) is 0 Å². The number of rotatable bonds is 3. The summed E-state index contributed by atoms with van der Waals surface area (Å²) < 4.78 is 5.88. The Bertz CT molecular complexity index is 550. The van der Waals surface area contributed by atoms with Gasteiger partial charge in [-0.25, -0.2) is 4.79 Å². The molecule has 1 aromatic carbocycles. The molecule has 1 unspecified atom stereocenters. The van der Waals surface area contributed by atoms with Crippen molar-refractivity contribution < 1.29 is 14.3 Å². The van der Waals surface area contributed by atoms with Gasteiger partial charge in [-0.05, 0) is 41.4 Å². The summed E-state index contributed by atoms with van der Waals surface area (Å²) in [6.07, 6.45) is 0. The van der Waals surface area contributed by atoms with Gasteiger partial charge in [-0.1, -0.05) is 12.1 Å². The highest BCUT2D eigenvalue weighted by Gasteiger charge is 2.34. The van der Waals surface area contributed by atoms with Crippen molar-refractivity contribution in [3.63, 3.8) is 0 Å². The van der Waals surface area contributed by atoms with Gasteiger partial charge in [0.25, 0.3) is 5.91 Å². The van der Waals surface area contributed by atoms with Gasteiger partial charge < -0.3 is 9.64 Å². The Morgan fingerprint density at radius 1 is 1.48 bits per heavy atom. The van der Waals surface area contributed by atoms with Gasteiger partial charge in [-0.15, -0.1) is 0 Å². The van der Waals surface area contributed by atoms with Crippen LogP contribution in [0.15, 0.2) is 22.7 Å². The van der Waals surface area contributed by atoms with E-state index in [4.69, 9.17) is 4.74 Å². The number of hydrogen-bond acceptors (Lipinski definition) is 4. The first-order chi connectivity index (χ1) is 10.1. The minimum absolute atomic E-state index is 0.121. The number of amides is 1. The van der Waals surface area contributed by atoms with Crippen molar-refractivity contribution in [2.75, 3.05) is 24.7 Å². The van der Waals surface area contributed by atoms with Gasteiger partial charge >= 0.3 is 5.97 Å². The third-order valence-electron chi connectivity index (χ3n) is 3.37. The minimum Gasteiger partial charge on any atom is -0.464 e. The molecule has 0 aromatic heterocycles. The van der Waals surface area contributed by atoms with Crippen LogP contribution in [0, 0.1) is 6.92 Å². The van der Waals surface area contributed by atoms with E-state index in [2.05, 4.69) is 15.9 Å². The molecule has 1 atom stereocenters. The molecule has 1 saturated heterocycles. The molecule has 0 N–H and O–H groups in total. The number of esters is 1. The van der Waals surface area contributed by atoms with Gasteiger partial charge in [-0.2, -0.15) is 11.8 Å². The van der Waals surface area contributed by atoms with E-state index in [1.807, 2.05) is 19.1 Å². The topological polar surface area (TPSA) is 46.6 Å². The van der Waals surface area contributed by atoms with E-state index < -0.39 is 6.04 Å². The van der Waals surface area contributed by atoms with Gasteiger partial charge in [0.05, 0.1) is 12.2 Å². The van der Waals surface area contributed by atoms with Crippen molar-refractivity contribution >= 4 is 39.6 Å². The zero-order valence-electron chi connectivity index (χ0n) is 12.1. The van der Waals surface area contributed by atoms with E-state index >= 15 is 0 Å². The fourth-order valence-corrected chi connectivity index (χ4v) is 3.71. The molecule has 6 heteroatoms. The van der Waals surface area contributed by atoms with Gasteiger partial charge in [0.15, 0.2) is 0 Å². The SMILES string of the molecule is CCOC(=O)C1CSCCN1C(=O)c1cccc(C)c1Br. The monoisotopic (exact) mass is 371 g/mol. The van der Waals surface area contributed by atoms with Crippen LogP contribution in [0.3, 0.4) is 0 Å². The molecule has 0 radical (unpaired) electrons. The highest BCUT2D eigenvalue weighted by atomic mass is 79.9. The Kier molecular flexibility index (Phi) is 5.70. The van der Waals surface area contributed by atoms with Crippen LogP contribution in [-0.2, 0) is 9.53 Å². The van der Waals surface area contributed by atoms with Crippen LogP contribution < -0.4 is 0 Å². The van der Waals surface area contributed by atoms with Crippen LogP contribution in [0.5, 0.6) is 0 Å². The van der Waals surface area contributed by atoms with Gasteiger partial charge in [0, 0.05) is 22.5 Å². The van der Waals surface area contributed by atoms with Gasteiger partial charge in [0.2, 0.25) is 0 Å². The lowest BCUT2D eigenvalue weighted by Gasteiger charge is -2.34. The van der Waals surface area contributed by atoms with Crippen molar-refractivity contribution in [2.45, 2.75) is 19.9 Å². The summed E-state index contributed by atoms with van der Waals surface area (Å²) >= 11 is 5.14. The summed E-state index contributed by atoms with van der Waals surface area (Å²) in [6, 6.07) is 5.08. The van der Waals surface area contributed by atoms with E-state index in [1.165, 1.54) is 0 Å². The van der Waals surface area contributed by atoms with Crippen LogP contribution in [0.4, 0.5) is 0 Å². The van der Waals surface area contributed by atoms with Crippen molar-refractivity contribution in [1.82, 2.24) is 4.90 Å². The van der Waals surface area contributed by atoms with Gasteiger partial charge in [-0.3, -0.25) is 4.79 Å². The molecule has 2 rings (SSSR count). The molecule has 21 heavy (non-hydrogen) atoms. The minimum atomic E-state index is -0.497. The smallest absolute Gasteiger partial charge is 0.329 e. The largest absolute Gasteiger partial charge is 0.464 e. The highest BCUT2D eigenvalue weighted by molar-refractivity contribution is 9.10. The molecule has 1 aromatic rings. The maximum absolute atomic E-state index is 12.8. The maximum Gasteiger partial charge on any atom is 0.329 e. The summed E-state index contributed by atoms with van der Waals surface area (Å²) in [4.78, 5) is 26.5. The zero-order chi connectivity index (χ0) is 15.4. The molecule has 0 saturated carbocycles. The van der Waals surface area contributed by atoms with Crippen molar-refractivity contribution in [2.24, 2.45) is 0 Å². The molecular formula is C15H18BrNO3S. The number of hydrogen-bond donors (Lipinski definition) is 0. The van der Waals surface area contributed by atoms with Crippen LogP contribution in [-0.4, -0.2) is 47.5 Å². The van der Waals surface area contributed by atoms with E-state index in [0.717, 1.165) is 15.8 Å². The lowest BCUT2D eigenvalue weighted by Crippen LogP contribution is -2.51. The number of benzene rings is 1. The first-order valence-electron chi connectivity index (χ1n) is 6.86. The summed E-state index contributed by atoms with van der Waals surface area (Å²) in [6.45, 7) is 4.61. The van der Waals surface area contributed by atoms with Crippen molar-refractivity contribution in [3.8, 4) is 0 Å². The number of carbonyl (C=O) groups is 2. The predicted octanol–water partition coefficient (Wildman–Crippen LogP) is 2.88. The Morgan fingerprint density at radius 3 is 2.95 bits per heavy atom. The second kappa shape index (κ2) is 7.31. The average molecular weight is 372 g/mol. The Hall–Kier alpha value is -1.01. The third-order valence-corrected chi connectivity index (χ3v) is 5.45. The summed E-state index contributed by atoms with van der Waals surface area (Å²) in [5.41, 5.74) is 1.59. The molecule has 0 spiro atoms. The Morgan fingerprint density at radius 2 is 2.24 bits per heavy atom. The molecule has 1 aliphatic heterocycles. The normalized spacial score (nSPS) is 18.4. The third kappa shape index (κ3) is 3.61. The molecular weight excluding hydrogens is 354 g/mol. The number of halogens is 1. The van der Waals surface area contributed by atoms with Crippen LogP contribution in [0.25, 0.3) is 0 Å².